The summed E-state index contributed by atoms with van der Waals surface area (Å²) in [5.74, 6) is 0.608. The molecule has 0 N–H and O–H groups in total. The van der Waals surface area contributed by atoms with E-state index in [0.29, 0.717) is 11.3 Å². The SMILES string of the molecule is COc1cc2c(ccn2S(C)(=O)=O)cc1Br. The van der Waals surface area contributed by atoms with E-state index in [-0.39, 0.29) is 0 Å². The van der Waals surface area contributed by atoms with Crippen LogP contribution < -0.4 is 4.74 Å². The molecule has 86 valence electrons. The molecule has 0 saturated heterocycles. The highest BCUT2D eigenvalue weighted by Crippen LogP contribution is 2.31. The van der Waals surface area contributed by atoms with Gasteiger partial charge in [0.1, 0.15) is 5.75 Å². The molecule has 0 radical (unpaired) electrons. The average molecular weight is 304 g/mol. The summed E-state index contributed by atoms with van der Waals surface area (Å²) in [6.45, 7) is 0. The van der Waals surface area contributed by atoms with Crippen LogP contribution in [-0.4, -0.2) is 25.8 Å². The number of ether oxygens (including phenoxy) is 1. The van der Waals surface area contributed by atoms with Crippen LogP contribution in [0.3, 0.4) is 0 Å². The van der Waals surface area contributed by atoms with Gasteiger partial charge in [-0.2, -0.15) is 0 Å². The number of aromatic nitrogens is 1. The molecule has 0 spiro atoms. The highest BCUT2D eigenvalue weighted by Gasteiger charge is 2.12. The number of nitrogens with zero attached hydrogens (tertiary/aromatic N) is 1. The fourth-order valence-corrected chi connectivity index (χ4v) is 2.88. The van der Waals surface area contributed by atoms with Crippen molar-refractivity contribution in [2.75, 3.05) is 13.4 Å². The first-order valence-electron chi connectivity index (χ1n) is 4.48. The first-order chi connectivity index (χ1) is 7.43. The van der Waals surface area contributed by atoms with Crippen molar-refractivity contribution in [1.82, 2.24) is 3.97 Å². The second-order valence-electron chi connectivity index (χ2n) is 3.42. The number of hydrogen-bond donors (Lipinski definition) is 0. The molecule has 0 amide bonds. The minimum absolute atomic E-state index is 0.608. The Labute approximate surface area is 102 Å². The van der Waals surface area contributed by atoms with Gasteiger partial charge in [-0.25, -0.2) is 12.4 Å². The summed E-state index contributed by atoms with van der Waals surface area (Å²) < 4.78 is 30.2. The number of hydrogen-bond acceptors (Lipinski definition) is 3. The highest BCUT2D eigenvalue weighted by atomic mass is 79.9. The maximum atomic E-state index is 11.5. The summed E-state index contributed by atoms with van der Waals surface area (Å²) in [6, 6.07) is 5.27. The van der Waals surface area contributed by atoms with E-state index in [0.717, 1.165) is 9.86 Å². The first-order valence-corrected chi connectivity index (χ1v) is 7.13. The summed E-state index contributed by atoms with van der Waals surface area (Å²) >= 11 is 3.35. The largest absolute Gasteiger partial charge is 0.495 e. The van der Waals surface area contributed by atoms with Crippen molar-refractivity contribution < 1.29 is 13.2 Å². The van der Waals surface area contributed by atoms with Crippen molar-refractivity contribution in [3.05, 3.63) is 28.9 Å². The maximum Gasteiger partial charge on any atom is 0.236 e. The molecule has 2 rings (SSSR count). The van der Waals surface area contributed by atoms with Crippen molar-refractivity contribution in [2.24, 2.45) is 0 Å². The van der Waals surface area contributed by atoms with Crippen molar-refractivity contribution in [3.8, 4) is 5.75 Å². The van der Waals surface area contributed by atoms with Crippen LogP contribution in [0, 0.1) is 0 Å². The molecular formula is C10H10BrNO3S. The molecule has 0 fully saturated rings. The number of methoxy groups -OCH3 is 1. The lowest BCUT2D eigenvalue weighted by atomic mass is 10.2. The molecule has 0 unspecified atom stereocenters. The van der Waals surface area contributed by atoms with Gasteiger partial charge in [0.05, 0.1) is 23.4 Å². The molecule has 0 atom stereocenters. The Morgan fingerprint density at radius 3 is 2.62 bits per heavy atom. The fourth-order valence-electron chi connectivity index (χ4n) is 1.56. The van der Waals surface area contributed by atoms with Crippen LogP contribution in [0.2, 0.25) is 0 Å². The Bertz CT molecular complexity index is 645. The van der Waals surface area contributed by atoms with E-state index in [2.05, 4.69) is 15.9 Å². The standard InChI is InChI=1S/C10H10BrNO3S/c1-15-10-6-9-7(5-8(10)11)3-4-12(9)16(2,13)14/h3-6H,1-2H3. The summed E-state index contributed by atoms with van der Waals surface area (Å²) in [6.07, 6.45) is 2.70. The topological polar surface area (TPSA) is 48.3 Å². The zero-order valence-electron chi connectivity index (χ0n) is 8.77. The number of halogens is 1. The molecule has 6 heteroatoms. The predicted octanol–water partition coefficient (Wildman–Crippen LogP) is 2.22. The molecule has 1 aromatic heterocycles. The van der Waals surface area contributed by atoms with Gasteiger partial charge in [0.2, 0.25) is 10.0 Å². The van der Waals surface area contributed by atoms with Gasteiger partial charge in [-0.15, -0.1) is 0 Å². The van der Waals surface area contributed by atoms with Gasteiger partial charge in [-0.3, -0.25) is 0 Å². The number of rotatable bonds is 2. The van der Waals surface area contributed by atoms with Gasteiger partial charge in [-0.05, 0) is 28.1 Å². The third-order valence-corrected chi connectivity index (χ3v) is 3.94. The Hall–Kier alpha value is -1.01. The minimum atomic E-state index is -3.28. The van der Waals surface area contributed by atoms with Crippen molar-refractivity contribution in [3.63, 3.8) is 0 Å². The number of fused-ring (bicyclic) bond motifs is 1. The Morgan fingerprint density at radius 1 is 1.38 bits per heavy atom. The van der Waals surface area contributed by atoms with E-state index < -0.39 is 10.0 Å². The second kappa shape index (κ2) is 3.78. The fraction of sp³-hybridized carbons (Fsp3) is 0.200. The first kappa shape index (κ1) is 11.5. The van der Waals surface area contributed by atoms with Crippen molar-refractivity contribution in [1.29, 1.82) is 0 Å². The molecule has 0 saturated carbocycles. The van der Waals surface area contributed by atoms with Crippen LogP contribution in [0.4, 0.5) is 0 Å². The minimum Gasteiger partial charge on any atom is -0.495 e. The molecule has 1 heterocycles. The molecular weight excluding hydrogens is 294 g/mol. The van der Waals surface area contributed by atoms with Gasteiger partial charge in [0, 0.05) is 17.6 Å². The summed E-state index contributed by atoms with van der Waals surface area (Å²) in [4.78, 5) is 0. The molecule has 0 aliphatic rings. The maximum absolute atomic E-state index is 11.5. The lowest BCUT2D eigenvalue weighted by molar-refractivity contribution is 0.412. The van der Waals surface area contributed by atoms with Crippen LogP contribution >= 0.6 is 15.9 Å². The third kappa shape index (κ3) is 1.82. The smallest absolute Gasteiger partial charge is 0.236 e. The Morgan fingerprint density at radius 2 is 2.06 bits per heavy atom. The van der Waals surface area contributed by atoms with Gasteiger partial charge < -0.3 is 4.74 Å². The van der Waals surface area contributed by atoms with Crippen molar-refractivity contribution >= 4 is 36.9 Å². The third-order valence-electron chi connectivity index (χ3n) is 2.29. The van der Waals surface area contributed by atoms with Gasteiger partial charge in [0.25, 0.3) is 0 Å². The van der Waals surface area contributed by atoms with Crippen LogP contribution in [0.15, 0.2) is 28.9 Å². The van der Waals surface area contributed by atoms with Crippen molar-refractivity contribution in [2.45, 2.75) is 0 Å². The van der Waals surface area contributed by atoms with E-state index in [1.54, 1.807) is 19.2 Å². The van der Waals surface area contributed by atoms with E-state index in [1.165, 1.54) is 16.4 Å². The molecule has 16 heavy (non-hydrogen) atoms. The average Bonchev–Trinajstić information content (AvgIpc) is 2.58. The summed E-state index contributed by atoms with van der Waals surface area (Å²) in [5, 5.41) is 0.845. The molecule has 0 aliphatic heterocycles. The van der Waals surface area contributed by atoms with E-state index in [4.69, 9.17) is 4.74 Å². The van der Waals surface area contributed by atoms with Gasteiger partial charge >= 0.3 is 0 Å². The van der Waals surface area contributed by atoms with E-state index in [9.17, 15) is 8.42 Å². The monoisotopic (exact) mass is 303 g/mol. The number of benzene rings is 1. The van der Waals surface area contributed by atoms with E-state index in [1.807, 2.05) is 6.07 Å². The molecule has 0 bridgehead atoms. The van der Waals surface area contributed by atoms with Gasteiger partial charge in [-0.1, -0.05) is 0 Å². The van der Waals surface area contributed by atoms with Crippen LogP contribution in [0.25, 0.3) is 10.9 Å². The molecule has 2 aromatic rings. The summed E-state index contributed by atoms with van der Waals surface area (Å²) in [5.41, 5.74) is 0.613. The van der Waals surface area contributed by atoms with Crippen LogP contribution in [0.5, 0.6) is 5.75 Å². The van der Waals surface area contributed by atoms with Crippen LogP contribution in [-0.2, 0) is 10.0 Å². The predicted molar refractivity (Wildman–Crippen MR) is 66.4 cm³/mol. The summed E-state index contributed by atoms with van der Waals surface area (Å²) in [7, 11) is -1.74. The second-order valence-corrected chi connectivity index (χ2v) is 6.13. The zero-order valence-corrected chi connectivity index (χ0v) is 11.2. The van der Waals surface area contributed by atoms with Crippen LogP contribution in [0.1, 0.15) is 0 Å². The highest BCUT2D eigenvalue weighted by molar-refractivity contribution is 9.10. The van der Waals surface area contributed by atoms with E-state index >= 15 is 0 Å². The van der Waals surface area contributed by atoms with Gasteiger partial charge in [0.15, 0.2) is 0 Å². The lowest BCUT2D eigenvalue weighted by Crippen LogP contribution is -2.08. The molecule has 4 nitrogen and oxygen atoms in total. The quantitative estimate of drug-likeness (QED) is 0.855. The molecule has 1 aromatic carbocycles. The normalized spacial score (nSPS) is 11.9. The lowest BCUT2D eigenvalue weighted by Gasteiger charge is -2.06. The zero-order chi connectivity index (χ0) is 11.9. The molecule has 0 aliphatic carbocycles. The Balaban J connectivity index is 2.82. The Kier molecular flexibility index (Phi) is 2.71.